The van der Waals surface area contributed by atoms with Crippen molar-refractivity contribution in [2.75, 3.05) is 0 Å². The van der Waals surface area contributed by atoms with Crippen LogP contribution in [0.3, 0.4) is 0 Å². The van der Waals surface area contributed by atoms with Gasteiger partial charge in [0.1, 0.15) is 0 Å². The summed E-state index contributed by atoms with van der Waals surface area (Å²) in [4.78, 5) is 11.6. The van der Waals surface area contributed by atoms with E-state index in [2.05, 4.69) is 41.3 Å². The number of aldehydes is 1. The van der Waals surface area contributed by atoms with Gasteiger partial charge in [-0.2, -0.15) is 0 Å². The lowest BCUT2D eigenvalue weighted by Gasteiger charge is -1.95. The number of benzene rings is 1. The van der Waals surface area contributed by atoms with Crippen molar-refractivity contribution in [3.05, 3.63) is 26.6 Å². The number of hydrogen-bond donors (Lipinski definition) is 1. The molecule has 1 heterocycles. The van der Waals surface area contributed by atoms with Crippen LogP contribution in [0.25, 0.3) is 10.1 Å². The van der Waals surface area contributed by atoms with Crippen LogP contribution < -0.4 is 0 Å². The van der Waals surface area contributed by atoms with Gasteiger partial charge in [0.15, 0.2) is 6.29 Å². The molecule has 0 aliphatic rings. The first kappa shape index (κ1) is 9.48. The summed E-state index contributed by atoms with van der Waals surface area (Å²) in [5.74, 6) is 0. The van der Waals surface area contributed by atoms with Gasteiger partial charge in [0.25, 0.3) is 0 Å². The van der Waals surface area contributed by atoms with E-state index in [-0.39, 0.29) is 0 Å². The molecular formula is C9H5IOS2. The van der Waals surface area contributed by atoms with Gasteiger partial charge in [0, 0.05) is 15.2 Å². The second kappa shape index (κ2) is 3.59. The molecular weight excluding hydrogens is 315 g/mol. The summed E-state index contributed by atoms with van der Waals surface area (Å²) < 4.78 is 2.24. The van der Waals surface area contributed by atoms with Crippen LogP contribution in [0, 0.1) is 2.88 Å². The number of thiol groups is 1. The van der Waals surface area contributed by atoms with Crippen LogP contribution in [-0.2, 0) is 0 Å². The molecule has 0 aliphatic heterocycles. The van der Waals surface area contributed by atoms with Gasteiger partial charge in [0.2, 0.25) is 0 Å². The molecule has 2 aromatic rings. The van der Waals surface area contributed by atoms with Gasteiger partial charge in [-0.3, -0.25) is 4.79 Å². The van der Waals surface area contributed by atoms with E-state index in [0.717, 1.165) is 26.8 Å². The van der Waals surface area contributed by atoms with Crippen LogP contribution in [0.1, 0.15) is 10.4 Å². The fourth-order valence-corrected chi connectivity index (χ4v) is 3.34. The summed E-state index contributed by atoms with van der Waals surface area (Å²) >= 11 is 8.13. The lowest BCUT2D eigenvalue weighted by molar-refractivity contribution is 0.112. The van der Waals surface area contributed by atoms with Crippen LogP contribution in [-0.4, -0.2) is 6.29 Å². The van der Waals surface area contributed by atoms with Gasteiger partial charge in [-0.25, -0.2) is 0 Å². The maximum absolute atomic E-state index is 10.8. The Kier molecular flexibility index (Phi) is 2.62. The normalized spacial score (nSPS) is 10.6. The molecule has 2 rings (SSSR count). The molecule has 0 amide bonds. The van der Waals surface area contributed by atoms with Gasteiger partial charge in [-0.15, -0.1) is 24.0 Å². The van der Waals surface area contributed by atoms with Crippen molar-refractivity contribution in [2.24, 2.45) is 0 Å². The monoisotopic (exact) mass is 320 g/mol. The molecule has 0 saturated carbocycles. The van der Waals surface area contributed by atoms with E-state index >= 15 is 0 Å². The smallest absolute Gasteiger partial charge is 0.151 e. The molecule has 0 spiro atoms. The van der Waals surface area contributed by atoms with Gasteiger partial charge in [-0.1, -0.05) is 0 Å². The highest BCUT2D eigenvalue weighted by atomic mass is 127. The molecule has 0 bridgehead atoms. The fourth-order valence-electron chi connectivity index (χ4n) is 1.22. The predicted octanol–water partition coefficient (Wildman–Crippen LogP) is 3.61. The number of halogens is 1. The summed E-state index contributed by atoms with van der Waals surface area (Å²) in [5.41, 5.74) is 0.732. The average Bonchev–Trinajstić information content (AvgIpc) is 2.43. The summed E-state index contributed by atoms with van der Waals surface area (Å²) in [6, 6.07) is 5.84. The predicted molar refractivity (Wildman–Crippen MR) is 67.2 cm³/mol. The molecule has 1 aromatic heterocycles. The minimum Gasteiger partial charge on any atom is -0.298 e. The lowest BCUT2D eigenvalue weighted by Crippen LogP contribution is -1.79. The number of thiophene rings is 1. The summed E-state index contributed by atoms with van der Waals surface area (Å²) in [5, 5.41) is 1.10. The maximum atomic E-state index is 10.8. The molecule has 66 valence electrons. The van der Waals surface area contributed by atoms with E-state index < -0.39 is 0 Å². The van der Waals surface area contributed by atoms with Crippen molar-refractivity contribution in [3.8, 4) is 0 Å². The Bertz CT molecular complexity index is 476. The van der Waals surface area contributed by atoms with Crippen molar-refractivity contribution in [2.45, 2.75) is 4.90 Å². The Hall–Kier alpha value is -0.0700. The molecule has 0 aliphatic carbocycles. The SMILES string of the molecule is O=Cc1cc(S)cc2cc(I)sc12. The molecule has 1 aromatic carbocycles. The highest BCUT2D eigenvalue weighted by molar-refractivity contribution is 14.1. The first-order valence-electron chi connectivity index (χ1n) is 3.58. The fraction of sp³-hybridized carbons (Fsp3) is 0. The second-order valence-electron chi connectivity index (χ2n) is 2.62. The van der Waals surface area contributed by atoms with Crippen molar-refractivity contribution >= 4 is 62.9 Å². The van der Waals surface area contributed by atoms with Crippen LogP contribution in [0.15, 0.2) is 23.1 Å². The third-order valence-corrected chi connectivity index (χ3v) is 3.95. The van der Waals surface area contributed by atoms with Crippen LogP contribution in [0.4, 0.5) is 0 Å². The first-order valence-corrected chi connectivity index (χ1v) is 5.92. The van der Waals surface area contributed by atoms with E-state index in [4.69, 9.17) is 0 Å². The van der Waals surface area contributed by atoms with Gasteiger partial charge in [0.05, 0.1) is 2.88 Å². The molecule has 1 nitrogen and oxygen atoms in total. The van der Waals surface area contributed by atoms with Crippen molar-refractivity contribution in [1.82, 2.24) is 0 Å². The number of fused-ring (bicyclic) bond motifs is 1. The Balaban J connectivity index is 2.88. The zero-order valence-electron chi connectivity index (χ0n) is 6.45. The third kappa shape index (κ3) is 1.75. The van der Waals surface area contributed by atoms with Gasteiger partial charge in [-0.05, 0) is 46.2 Å². The van der Waals surface area contributed by atoms with E-state index in [1.54, 1.807) is 17.4 Å². The summed E-state index contributed by atoms with van der Waals surface area (Å²) in [6.07, 6.45) is 0.884. The quantitative estimate of drug-likeness (QED) is 0.483. The zero-order valence-corrected chi connectivity index (χ0v) is 10.3. The zero-order chi connectivity index (χ0) is 9.42. The van der Waals surface area contributed by atoms with Crippen LogP contribution >= 0.6 is 46.6 Å². The molecule has 0 fully saturated rings. The first-order chi connectivity index (χ1) is 6.20. The number of carbonyl (C=O) groups is 1. The van der Waals surface area contributed by atoms with E-state index in [1.807, 2.05) is 6.07 Å². The van der Waals surface area contributed by atoms with Crippen molar-refractivity contribution in [1.29, 1.82) is 0 Å². The molecule has 13 heavy (non-hydrogen) atoms. The molecule has 0 radical (unpaired) electrons. The van der Waals surface area contributed by atoms with Crippen molar-refractivity contribution < 1.29 is 4.79 Å². The minimum absolute atomic E-state index is 0.732. The van der Waals surface area contributed by atoms with E-state index in [0.29, 0.717) is 0 Å². The largest absolute Gasteiger partial charge is 0.298 e. The number of hydrogen-bond acceptors (Lipinski definition) is 3. The Morgan fingerprint density at radius 2 is 2.15 bits per heavy atom. The van der Waals surface area contributed by atoms with Gasteiger partial charge < -0.3 is 0 Å². The highest BCUT2D eigenvalue weighted by Crippen LogP contribution is 2.31. The Labute approximate surface area is 98.7 Å². The maximum Gasteiger partial charge on any atom is 0.151 e. The second-order valence-corrected chi connectivity index (χ2v) is 6.08. The summed E-state index contributed by atoms with van der Waals surface area (Å²) in [7, 11) is 0. The van der Waals surface area contributed by atoms with Crippen LogP contribution in [0.2, 0.25) is 0 Å². The minimum atomic E-state index is 0.732. The lowest BCUT2D eigenvalue weighted by atomic mass is 10.2. The highest BCUT2D eigenvalue weighted by Gasteiger charge is 2.05. The van der Waals surface area contributed by atoms with Crippen LogP contribution in [0.5, 0.6) is 0 Å². The van der Waals surface area contributed by atoms with E-state index in [1.165, 1.54) is 2.88 Å². The number of carbonyl (C=O) groups excluding carboxylic acids is 1. The molecule has 0 atom stereocenters. The molecule has 4 heteroatoms. The number of rotatable bonds is 1. The standard InChI is InChI=1S/C9H5IOS2/c10-8-3-5-1-7(12)2-6(4-11)9(5)13-8/h1-4,12H. The van der Waals surface area contributed by atoms with Gasteiger partial charge >= 0.3 is 0 Å². The Morgan fingerprint density at radius 3 is 2.85 bits per heavy atom. The molecule has 0 saturated heterocycles. The molecule has 0 N–H and O–H groups in total. The van der Waals surface area contributed by atoms with Crippen molar-refractivity contribution in [3.63, 3.8) is 0 Å². The van der Waals surface area contributed by atoms with E-state index in [9.17, 15) is 4.79 Å². The average molecular weight is 320 g/mol. The third-order valence-electron chi connectivity index (χ3n) is 1.73. The Morgan fingerprint density at radius 1 is 1.38 bits per heavy atom. The topological polar surface area (TPSA) is 17.1 Å². The summed E-state index contributed by atoms with van der Waals surface area (Å²) in [6.45, 7) is 0. The molecule has 0 unspecified atom stereocenters.